The van der Waals surface area contributed by atoms with Gasteiger partial charge < -0.3 is 15.4 Å². The number of nitrogens with one attached hydrogen (secondary N) is 2. The summed E-state index contributed by atoms with van der Waals surface area (Å²) < 4.78 is 5.19. The molecule has 28 heavy (non-hydrogen) atoms. The van der Waals surface area contributed by atoms with E-state index in [0.717, 1.165) is 22.6 Å². The first kappa shape index (κ1) is 21.8. The average molecular weight is 401 g/mol. The summed E-state index contributed by atoms with van der Waals surface area (Å²) in [5.74, 6) is 1.30. The van der Waals surface area contributed by atoms with Gasteiger partial charge in [0.1, 0.15) is 5.75 Å². The first-order chi connectivity index (χ1) is 13.4. The lowest BCUT2D eigenvalue weighted by Crippen LogP contribution is -2.33. The van der Waals surface area contributed by atoms with Crippen LogP contribution in [0.15, 0.2) is 48.5 Å². The van der Waals surface area contributed by atoms with E-state index in [0.29, 0.717) is 0 Å². The summed E-state index contributed by atoms with van der Waals surface area (Å²) in [4.78, 5) is 24.4. The molecule has 0 fully saturated rings. The van der Waals surface area contributed by atoms with Crippen molar-refractivity contribution < 1.29 is 14.3 Å². The van der Waals surface area contributed by atoms with Gasteiger partial charge in [0.15, 0.2) is 0 Å². The highest BCUT2D eigenvalue weighted by Gasteiger charge is 2.18. The quantitative estimate of drug-likeness (QED) is 0.662. The minimum absolute atomic E-state index is 0.0807. The van der Waals surface area contributed by atoms with Gasteiger partial charge in [0.2, 0.25) is 11.8 Å². The number of anilines is 1. The molecular weight excluding hydrogens is 372 g/mol. The van der Waals surface area contributed by atoms with Crippen LogP contribution in [0.25, 0.3) is 0 Å². The maximum atomic E-state index is 12.4. The molecule has 0 aliphatic carbocycles. The summed E-state index contributed by atoms with van der Waals surface area (Å²) in [6.07, 6.45) is 0. The van der Waals surface area contributed by atoms with Crippen LogP contribution in [0.2, 0.25) is 0 Å². The molecule has 0 spiro atoms. The number of carbonyl (C=O) groups is 2. The Morgan fingerprint density at radius 2 is 1.71 bits per heavy atom. The highest BCUT2D eigenvalue weighted by atomic mass is 32.2. The molecule has 0 aliphatic rings. The van der Waals surface area contributed by atoms with E-state index < -0.39 is 0 Å². The van der Waals surface area contributed by atoms with Crippen LogP contribution in [0.5, 0.6) is 5.75 Å². The van der Waals surface area contributed by atoms with Crippen molar-refractivity contribution in [3.05, 3.63) is 59.7 Å². The summed E-state index contributed by atoms with van der Waals surface area (Å²) >= 11 is 1.30. The van der Waals surface area contributed by atoms with Crippen molar-refractivity contribution >= 4 is 29.3 Å². The third-order valence-electron chi connectivity index (χ3n) is 4.23. The van der Waals surface area contributed by atoms with Crippen molar-refractivity contribution in [2.75, 3.05) is 23.9 Å². The van der Waals surface area contributed by atoms with E-state index in [1.54, 1.807) is 7.11 Å². The molecule has 5 nitrogen and oxygen atoms in total. The highest BCUT2D eigenvalue weighted by Crippen LogP contribution is 2.24. The lowest BCUT2D eigenvalue weighted by Gasteiger charge is -2.23. The van der Waals surface area contributed by atoms with Gasteiger partial charge in [-0.25, -0.2) is 0 Å². The van der Waals surface area contributed by atoms with E-state index >= 15 is 0 Å². The molecule has 0 heterocycles. The van der Waals surface area contributed by atoms with Crippen LogP contribution in [0.4, 0.5) is 5.69 Å². The van der Waals surface area contributed by atoms with E-state index in [-0.39, 0.29) is 35.3 Å². The average Bonchev–Trinajstić information content (AvgIpc) is 2.66. The number of thioether (sulfide) groups is 1. The van der Waals surface area contributed by atoms with Gasteiger partial charge in [-0.05, 0) is 48.2 Å². The first-order valence-electron chi connectivity index (χ1n) is 9.26. The van der Waals surface area contributed by atoms with Crippen molar-refractivity contribution in [2.45, 2.75) is 26.8 Å². The number of carbonyl (C=O) groups excluding carboxylic acids is 2. The SMILES string of the molecule is COc1ccc(C(NC(=O)CSCC(=O)Nc2cccc(C)c2)C(C)C)cc1. The first-order valence-corrected chi connectivity index (χ1v) is 10.4. The van der Waals surface area contributed by atoms with Gasteiger partial charge >= 0.3 is 0 Å². The molecular formula is C22H28N2O3S. The van der Waals surface area contributed by atoms with Gasteiger partial charge in [-0.3, -0.25) is 9.59 Å². The molecule has 0 bridgehead atoms. The maximum Gasteiger partial charge on any atom is 0.234 e. The third kappa shape index (κ3) is 6.93. The number of methoxy groups -OCH3 is 1. The summed E-state index contributed by atoms with van der Waals surface area (Å²) in [7, 11) is 1.63. The van der Waals surface area contributed by atoms with Crippen LogP contribution in [-0.2, 0) is 9.59 Å². The van der Waals surface area contributed by atoms with Crippen molar-refractivity contribution in [1.29, 1.82) is 0 Å². The van der Waals surface area contributed by atoms with Crippen LogP contribution in [0.3, 0.4) is 0 Å². The maximum absolute atomic E-state index is 12.4. The molecule has 2 N–H and O–H groups in total. The van der Waals surface area contributed by atoms with Gasteiger partial charge in [-0.1, -0.05) is 38.1 Å². The second-order valence-corrected chi connectivity index (χ2v) is 7.96. The second kappa shape index (κ2) is 10.8. The lowest BCUT2D eigenvalue weighted by atomic mass is 9.96. The van der Waals surface area contributed by atoms with Crippen molar-refractivity contribution in [1.82, 2.24) is 5.32 Å². The zero-order valence-electron chi connectivity index (χ0n) is 16.8. The number of ether oxygens (including phenoxy) is 1. The zero-order valence-corrected chi connectivity index (χ0v) is 17.6. The molecule has 2 aromatic rings. The Labute approximate surface area is 171 Å². The normalized spacial score (nSPS) is 11.8. The number of amides is 2. The Morgan fingerprint density at radius 3 is 2.32 bits per heavy atom. The lowest BCUT2D eigenvalue weighted by molar-refractivity contribution is -0.119. The van der Waals surface area contributed by atoms with Gasteiger partial charge in [0.05, 0.1) is 24.7 Å². The monoisotopic (exact) mass is 400 g/mol. The molecule has 6 heteroatoms. The van der Waals surface area contributed by atoms with Gasteiger partial charge in [-0.15, -0.1) is 11.8 Å². The van der Waals surface area contributed by atoms with E-state index in [2.05, 4.69) is 24.5 Å². The minimum atomic E-state index is -0.112. The van der Waals surface area contributed by atoms with Crippen LogP contribution >= 0.6 is 11.8 Å². The van der Waals surface area contributed by atoms with E-state index in [4.69, 9.17) is 4.74 Å². The van der Waals surface area contributed by atoms with Crippen molar-refractivity contribution in [3.63, 3.8) is 0 Å². The molecule has 2 rings (SSSR count). The number of hydrogen-bond acceptors (Lipinski definition) is 4. The van der Waals surface area contributed by atoms with Crippen molar-refractivity contribution in [2.24, 2.45) is 5.92 Å². The summed E-state index contributed by atoms with van der Waals surface area (Å²) in [6.45, 7) is 6.11. The van der Waals surface area contributed by atoms with Crippen LogP contribution < -0.4 is 15.4 Å². The Hall–Kier alpha value is -2.47. The number of rotatable bonds is 9. The van der Waals surface area contributed by atoms with E-state index in [1.165, 1.54) is 11.8 Å². The predicted molar refractivity (Wildman–Crippen MR) is 116 cm³/mol. The molecule has 1 unspecified atom stereocenters. The van der Waals surface area contributed by atoms with Crippen molar-refractivity contribution in [3.8, 4) is 5.75 Å². The number of hydrogen-bond donors (Lipinski definition) is 2. The smallest absolute Gasteiger partial charge is 0.234 e. The van der Waals surface area contributed by atoms with Gasteiger partial charge in [0, 0.05) is 5.69 Å². The fourth-order valence-electron chi connectivity index (χ4n) is 2.82. The Balaban J connectivity index is 1.81. The van der Waals surface area contributed by atoms with Crippen LogP contribution in [-0.4, -0.2) is 30.4 Å². The molecule has 0 saturated heterocycles. The fourth-order valence-corrected chi connectivity index (χ4v) is 3.45. The summed E-state index contributed by atoms with van der Waals surface area (Å²) in [5, 5.41) is 5.92. The van der Waals surface area contributed by atoms with Crippen LogP contribution in [0.1, 0.15) is 31.0 Å². The molecule has 2 aromatic carbocycles. The fraction of sp³-hybridized carbons (Fsp3) is 0.364. The molecule has 1 atom stereocenters. The largest absolute Gasteiger partial charge is 0.497 e. The number of benzene rings is 2. The summed E-state index contributed by atoms with van der Waals surface area (Å²) in [5.41, 5.74) is 2.89. The Morgan fingerprint density at radius 1 is 1.04 bits per heavy atom. The molecule has 0 aromatic heterocycles. The highest BCUT2D eigenvalue weighted by molar-refractivity contribution is 8.00. The van der Waals surface area contributed by atoms with Gasteiger partial charge in [-0.2, -0.15) is 0 Å². The molecule has 150 valence electrons. The minimum Gasteiger partial charge on any atom is -0.497 e. The van der Waals surface area contributed by atoms with E-state index in [9.17, 15) is 9.59 Å². The predicted octanol–water partition coefficient (Wildman–Crippen LogP) is 4.19. The Bertz CT molecular complexity index is 791. The molecule has 0 radical (unpaired) electrons. The van der Waals surface area contributed by atoms with Crippen LogP contribution in [0, 0.1) is 12.8 Å². The Kier molecular flexibility index (Phi) is 8.39. The number of aryl methyl sites for hydroxylation is 1. The molecule has 0 aliphatic heterocycles. The molecule has 2 amide bonds. The zero-order chi connectivity index (χ0) is 20.5. The topological polar surface area (TPSA) is 67.4 Å². The molecule has 0 saturated carbocycles. The second-order valence-electron chi connectivity index (χ2n) is 6.97. The van der Waals surface area contributed by atoms with Gasteiger partial charge in [0.25, 0.3) is 0 Å². The van der Waals surface area contributed by atoms with E-state index in [1.807, 2.05) is 55.5 Å². The summed E-state index contributed by atoms with van der Waals surface area (Å²) in [6, 6.07) is 15.3. The third-order valence-corrected chi connectivity index (χ3v) is 5.16. The standard InChI is InChI=1S/C22H28N2O3S/c1-15(2)22(17-8-10-19(27-4)11-9-17)24-21(26)14-28-13-20(25)23-18-7-5-6-16(3)12-18/h5-12,15,22H,13-14H2,1-4H3,(H,23,25)(H,24,26).